The average Bonchev–Trinajstić information content (AvgIpc) is 3.22. The molecule has 4 aliphatic rings. The third-order valence-electron chi connectivity index (χ3n) is 6.12. The molecule has 4 fully saturated rings. The highest BCUT2D eigenvalue weighted by Gasteiger charge is 2.40. The molecule has 1 N–H and O–H groups in total. The zero-order chi connectivity index (χ0) is 13.4. The third-order valence-corrected chi connectivity index (χ3v) is 6.12. The minimum Gasteiger partial charge on any atom is -0.313 e. The number of hydrogen-bond acceptors (Lipinski definition) is 3. The van der Waals surface area contributed by atoms with Gasteiger partial charge in [0.1, 0.15) is 0 Å². The Labute approximate surface area is 124 Å². The smallest absolute Gasteiger partial charge is 0.0195 e. The number of fused-ring (bicyclic) bond motifs is 1. The topological polar surface area (TPSA) is 18.5 Å². The summed E-state index contributed by atoms with van der Waals surface area (Å²) in [5.41, 5.74) is 0. The van der Waals surface area contributed by atoms with Gasteiger partial charge < -0.3 is 10.2 Å². The van der Waals surface area contributed by atoms with Gasteiger partial charge in [0, 0.05) is 30.7 Å². The van der Waals surface area contributed by atoms with Gasteiger partial charge in [-0.15, -0.1) is 0 Å². The van der Waals surface area contributed by atoms with Crippen molar-refractivity contribution in [3.05, 3.63) is 0 Å². The summed E-state index contributed by atoms with van der Waals surface area (Å²) in [6, 6.07) is 3.54. The monoisotopic (exact) mass is 277 g/mol. The second kappa shape index (κ2) is 5.94. The van der Waals surface area contributed by atoms with Crippen molar-refractivity contribution in [3.63, 3.8) is 0 Å². The summed E-state index contributed by atoms with van der Waals surface area (Å²) < 4.78 is 0. The molecule has 0 bridgehead atoms. The van der Waals surface area contributed by atoms with E-state index in [0.29, 0.717) is 0 Å². The summed E-state index contributed by atoms with van der Waals surface area (Å²) >= 11 is 0. The van der Waals surface area contributed by atoms with Gasteiger partial charge in [-0.2, -0.15) is 0 Å². The predicted octanol–water partition coefficient (Wildman–Crippen LogP) is 2.22. The van der Waals surface area contributed by atoms with Crippen LogP contribution in [0.1, 0.15) is 57.8 Å². The Morgan fingerprint density at radius 1 is 0.900 bits per heavy atom. The fourth-order valence-corrected chi connectivity index (χ4v) is 4.84. The molecular formula is C17H31N3. The van der Waals surface area contributed by atoms with Gasteiger partial charge in [-0.05, 0) is 71.0 Å². The number of nitrogens with one attached hydrogen (secondary N) is 1. The highest BCUT2D eigenvalue weighted by atomic mass is 15.3. The molecule has 4 rings (SSSR count). The van der Waals surface area contributed by atoms with Gasteiger partial charge >= 0.3 is 0 Å². The van der Waals surface area contributed by atoms with E-state index in [1.165, 1.54) is 84.0 Å². The maximum absolute atomic E-state index is 3.77. The highest BCUT2D eigenvalue weighted by Crippen LogP contribution is 2.36. The average molecular weight is 277 g/mol. The molecule has 3 nitrogen and oxygen atoms in total. The van der Waals surface area contributed by atoms with Crippen LogP contribution in [0.5, 0.6) is 0 Å². The van der Waals surface area contributed by atoms with Gasteiger partial charge in [-0.1, -0.05) is 6.42 Å². The van der Waals surface area contributed by atoms with E-state index >= 15 is 0 Å². The quantitative estimate of drug-likeness (QED) is 0.850. The Balaban J connectivity index is 1.37. The van der Waals surface area contributed by atoms with Crippen molar-refractivity contribution in [2.75, 3.05) is 26.2 Å². The van der Waals surface area contributed by atoms with E-state index in [2.05, 4.69) is 15.1 Å². The van der Waals surface area contributed by atoms with Gasteiger partial charge in [0.2, 0.25) is 0 Å². The zero-order valence-corrected chi connectivity index (χ0v) is 12.9. The predicted molar refractivity (Wildman–Crippen MR) is 83.0 cm³/mol. The summed E-state index contributed by atoms with van der Waals surface area (Å²) in [5.74, 6) is 0. The summed E-state index contributed by atoms with van der Waals surface area (Å²) in [5, 5.41) is 3.77. The van der Waals surface area contributed by atoms with Crippen LogP contribution in [0.4, 0.5) is 0 Å². The molecule has 1 saturated carbocycles. The molecule has 1 aliphatic carbocycles. The minimum absolute atomic E-state index is 0.783. The van der Waals surface area contributed by atoms with Gasteiger partial charge in [0.05, 0.1) is 0 Å². The van der Waals surface area contributed by atoms with Crippen LogP contribution in [0.25, 0.3) is 0 Å². The standard InChI is InChI=1S/C17H31N3/c1-2-9-18-14(4-1)13-20(15-6-7-15)17-8-11-19-10-3-5-16(19)12-17/h14-18H,1-13H2. The number of nitrogens with zero attached hydrogens (tertiary/aromatic N) is 2. The largest absolute Gasteiger partial charge is 0.313 e. The normalized spacial score (nSPS) is 39.1. The lowest BCUT2D eigenvalue weighted by Crippen LogP contribution is -2.52. The van der Waals surface area contributed by atoms with E-state index in [9.17, 15) is 0 Å². The van der Waals surface area contributed by atoms with Gasteiger partial charge in [-0.25, -0.2) is 0 Å². The third kappa shape index (κ3) is 2.90. The molecule has 0 spiro atoms. The van der Waals surface area contributed by atoms with E-state index in [0.717, 1.165) is 24.2 Å². The summed E-state index contributed by atoms with van der Waals surface area (Å²) in [6.45, 7) is 5.34. The first-order chi connectivity index (χ1) is 9.90. The maximum Gasteiger partial charge on any atom is 0.0195 e. The number of piperidine rings is 2. The van der Waals surface area contributed by atoms with Crippen molar-refractivity contribution in [2.45, 2.75) is 82.0 Å². The molecular weight excluding hydrogens is 246 g/mol. The molecule has 3 aliphatic heterocycles. The molecule has 0 amide bonds. The molecule has 3 atom stereocenters. The summed E-state index contributed by atoms with van der Waals surface area (Å²) in [4.78, 5) is 5.69. The van der Waals surface area contributed by atoms with Crippen molar-refractivity contribution < 1.29 is 0 Å². The lowest BCUT2D eigenvalue weighted by molar-refractivity contribution is 0.0722. The van der Waals surface area contributed by atoms with Gasteiger partial charge in [0.15, 0.2) is 0 Å². The lowest BCUT2D eigenvalue weighted by atomic mass is 9.94. The molecule has 3 heterocycles. The summed E-state index contributed by atoms with van der Waals surface area (Å²) in [6.07, 6.45) is 13.0. The molecule has 0 radical (unpaired) electrons. The highest BCUT2D eigenvalue weighted by molar-refractivity contribution is 4.96. The van der Waals surface area contributed by atoms with Crippen molar-refractivity contribution >= 4 is 0 Å². The molecule has 0 aromatic rings. The second-order valence-electron chi connectivity index (χ2n) is 7.59. The summed E-state index contributed by atoms with van der Waals surface area (Å²) in [7, 11) is 0. The van der Waals surface area contributed by atoms with Crippen LogP contribution >= 0.6 is 0 Å². The van der Waals surface area contributed by atoms with Crippen LogP contribution in [-0.4, -0.2) is 60.1 Å². The fraction of sp³-hybridized carbons (Fsp3) is 1.00. The number of hydrogen-bond donors (Lipinski definition) is 1. The SMILES string of the molecule is C1CCC(CN(C2CC2)C2CCN3CCCC3C2)NC1. The first-order valence-electron chi connectivity index (χ1n) is 9.13. The number of rotatable bonds is 4. The second-order valence-corrected chi connectivity index (χ2v) is 7.59. The van der Waals surface area contributed by atoms with Crippen LogP contribution in [0, 0.1) is 0 Å². The molecule has 3 saturated heterocycles. The fourth-order valence-electron chi connectivity index (χ4n) is 4.84. The van der Waals surface area contributed by atoms with E-state index in [1.54, 1.807) is 0 Å². The van der Waals surface area contributed by atoms with Crippen LogP contribution in [0.15, 0.2) is 0 Å². The van der Waals surface area contributed by atoms with E-state index < -0.39 is 0 Å². The molecule has 3 unspecified atom stereocenters. The Hall–Kier alpha value is -0.120. The Morgan fingerprint density at radius 2 is 1.85 bits per heavy atom. The molecule has 20 heavy (non-hydrogen) atoms. The van der Waals surface area contributed by atoms with Crippen LogP contribution in [0.2, 0.25) is 0 Å². The molecule has 114 valence electrons. The Kier molecular flexibility index (Phi) is 4.02. The zero-order valence-electron chi connectivity index (χ0n) is 12.9. The first kappa shape index (κ1) is 13.5. The Bertz CT molecular complexity index is 322. The molecule has 3 heteroatoms. The van der Waals surface area contributed by atoms with Crippen molar-refractivity contribution in [1.29, 1.82) is 0 Å². The maximum atomic E-state index is 3.77. The van der Waals surface area contributed by atoms with E-state index in [1.807, 2.05) is 0 Å². The lowest BCUT2D eigenvalue weighted by Gasteiger charge is -2.42. The molecule has 0 aromatic carbocycles. The minimum atomic E-state index is 0.783. The van der Waals surface area contributed by atoms with Gasteiger partial charge in [-0.3, -0.25) is 4.90 Å². The van der Waals surface area contributed by atoms with Crippen molar-refractivity contribution in [3.8, 4) is 0 Å². The van der Waals surface area contributed by atoms with Crippen LogP contribution in [0.3, 0.4) is 0 Å². The Morgan fingerprint density at radius 3 is 2.65 bits per heavy atom. The van der Waals surface area contributed by atoms with Crippen LogP contribution in [-0.2, 0) is 0 Å². The molecule has 0 aromatic heterocycles. The van der Waals surface area contributed by atoms with Crippen molar-refractivity contribution in [1.82, 2.24) is 15.1 Å². The van der Waals surface area contributed by atoms with E-state index in [4.69, 9.17) is 0 Å². The first-order valence-corrected chi connectivity index (χ1v) is 9.13. The van der Waals surface area contributed by atoms with Gasteiger partial charge in [0.25, 0.3) is 0 Å². The van der Waals surface area contributed by atoms with Crippen LogP contribution < -0.4 is 5.32 Å². The van der Waals surface area contributed by atoms with Crippen molar-refractivity contribution in [2.24, 2.45) is 0 Å². The van der Waals surface area contributed by atoms with E-state index in [-0.39, 0.29) is 0 Å².